The van der Waals surface area contributed by atoms with Crippen LogP contribution in [0.3, 0.4) is 0 Å². The van der Waals surface area contributed by atoms with Crippen molar-refractivity contribution in [3.05, 3.63) is 0 Å². The third kappa shape index (κ3) is 499. The number of primary amides is 6. The van der Waals surface area contributed by atoms with E-state index in [1.807, 2.05) is 0 Å². The summed E-state index contributed by atoms with van der Waals surface area (Å²) >= 11 is 0. The molecule has 19 heteroatoms. The Labute approximate surface area is 152 Å². The molecule has 0 radical (unpaired) electrons. The molecule has 0 bridgehead atoms. The fourth-order valence-electron chi connectivity index (χ4n) is 0. The van der Waals surface area contributed by atoms with Crippen molar-refractivity contribution in [2.45, 2.75) is 0 Å². The van der Waals surface area contributed by atoms with Gasteiger partial charge >= 0.3 is 21.1 Å². The zero-order valence-electron chi connectivity index (χ0n) is 11.8. The number of carbonyl (C=O) groups excluding carboxylic acids is 6. The third-order valence-corrected chi connectivity index (χ3v) is 0. The molecule has 0 aliphatic rings. The van der Waals surface area contributed by atoms with E-state index in [0.29, 0.717) is 0 Å². The van der Waals surface area contributed by atoms with Gasteiger partial charge in [0.1, 0.15) is 36.6 Å². The predicted octanol–water partition coefficient (Wildman–Crippen LogP) is -10.3. The smallest absolute Gasteiger partial charge is 0.530 e. The topological polar surface area (TPSA) is 397 Å². The summed E-state index contributed by atoms with van der Waals surface area (Å²) < 4.78 is 0. The van der Waals surface area contributed by atoms with Gasteiger partial charge in [0.25, 0.3) is 0 Å². The van der Waals surface area contributed by atoms with Gasteiger partial charge in [-0.15, -0.1) is 0 Å². The van der Waals surface area contributed by atoms with Gasteiger partial charge in [-0.1, -0.05) is 0 Å². The fraction of sp³-hybridized carbons (Fsp3) is 0. The van der Waals surface area contributed by atoms with Crippen LogP contribution in [0, 0.1) is 0 Å². The Kier molecular flexibility index (Phi) is 63.5. The van der Waals surface area contributed by atoms with Crippen LogP contribution < -0.4 is 65.0 Å². The SMILES string of the molecule is NC(=O)[O-].NC(=O)[O-].NC(=O)[O-].NC(=O)[O-].NC(=O)[O-].NC(=O)[O-].[Mo+6]. The molecular weight excluding hydrogens is 444 g/mol. The summed E-state index contributed by atoms with van der Waals surface area (Å²) in [5.74, 6) is 0. The second-order valence-electron chi connectivity index (χ2n) is 1.91. The van der Waals surface area contributed by atoms with Crippen LogP contribution in [-0.4, -0.2) is 36.6 Å². The van der Waals surface area contributed by atoms with Gasteiger partial charge in [0.2, 0.25) is 0 Å². The van der Waals surface area contributed by atoms with Crippen LogP contribution in [0.15, 0.2) is 0 Å². The van der Waals surface area contributed by atoms with Gasteiger partial charge in [-0.2, -0.15) is 0 Å². The van der Waals surface area contributed by atoms with Gasteiger partial charge in [-0.25, -0.2) is 0 Å². The van der Waals surface area contributed by atoms with Crippen molar-refractivity contribution < 1.29 is 80.5 Å². The quantitative estimate of drug-likeness (QED) is 0.185. The number of hydrogen-bond acceptors (Lipinski definition) is 12. The van der Waals surface area contributed by atoms with Gasteiger partial charge < -0.3 is 93.8 Å². The van der Waals surface area contributed by atoms with E-state index in [-0.39, 0.29) is 21.1 Å². The third-order valence-electron chi connectivity index (χ3n) is 0. The van der Waals surface area contributed by atoms with E-state index < -0.39 is 36.6 Å². The maximum atomic E-state index is 8.67. The molecule has 144 valence electrons. The molecule has 0 aromatic carbocycles. The fourth-order valence-corrected chi connectivity index (χ4v) is 0. The molecule has 0 spiro atoms. The van der Waals surface area contributed by atoms with Crippen LogP contribution in [0.1, 0.15) is 0 Å². The number of amides is 6. The summed E-state index contributed by atoms with van der Waals surface area (Å²) in [6, 6.07) is 0. The zero-order chi connectivity index (χ0) is 21.5. The van der Waals surface area contributed by atoms with Crippen LogP contribution in [-0.2, 0) is 21.1 Å². The molecule has 0 fully saturated rings. The Hall–Kier alpha value is -3.69. The molecule has 0 aromatic heterocycles. The molecule has 0 rings (SSSR count). The van der Waals surface area contributed by atoms with Gasteiger partial charge in [-0.3, -0.25) is 0 Å². The molecule has 0 aliphatic heterocycles. The van der Waals surface area contributed by atoms with Crippen molar-refractivity contribution >= 4 is 36.6 Å². The summed E-state index contributed by atoms with van der Waals surface area (Å²) in [5, 5.41) is 52.0. The molecule has 0 aliphatic carbocycles. The summed E-state index contributed by atoms with van der Waals surface area (Å²) in [4.78, 5) is 52.0. The molecule has 0 atom stereocenters. The van der Waals surface area contributed by atoms with E-state index in [1.54, 1.807) is 0 Å². The first-order valence-electron chi connectivity index (χ1n) is 4.18. The largest absolute Gasteiger partial charge is 6.00 e. The predicted molar refractivity (Wildman–Crippen MR) is 57.5 cm³/mol. The molecule has 0 saturated carbocycles. The Morgan fingerprint density at radius 1 is 0.360 bits per heavy atom. The minimum atomic E-state index is -1.58. The second-order valence-corrected chi connectivity index (χ2v) is 1.91. The van der Waals surface area contributed by atoms with Gasteiger partial charge in [0, 0.05) is 0 Å². The molecule has 12 N–H and O–H groups in total. The van der Waals surface area contributed by atoms with Crippen LogP contribution in [0.5, 0.6) is 0 Å². The van der Waals surface area contributed by atoms with Crippen LogP contribution >= 0.6 is 0 Å². The maximum absolute atomic E-state index is 8.67. The summed E-state index contributed by atoms with van der Waals surface area (Å²) in [7, 11) is 0. The molecule has 0 unspecified atom stereocenters. The normalized spacial score (nSPS) is 5.76. The van der Waals surface area contributed by atoms with E-state index in [2.05, 4.69) is 34.4 Å². The van der Waals surface area contributed by atoms with Gasteiger partial charge in [0.15, 0.2) is 0 Å². The van der Waals surface area contributed by atoms with E-state index in [4.69, 9.17) is 59.4 Å². The van der Waals surface area contributed by atoms with Gasteiger partial charge in [-0.05, 0) is 0 Å². The van der Waals surface area contributed by atoms with Crippen LogP contribution in [0.25, 0.3) is 0 Å². The van der Waals surface area contributed by atoms with Crippen molar-refractivity contribution in [3.63, 3.8) is 0 Å². The van der Waals surface area contributed by atoms with Crippen molar-refractivity contribution in [3.8, 4) is 0 Å². The minimum Gasteiger partial charge on any atom is -0.530 e. The Balaban J connectivity index is -0.0000000309. The van der Waals surface area contributed by atoms with E-state index in [9.17, 15) is 0 Å². The average Bonchev–Trinajstić information content (AvgIpc) is 2.08. The number of carboxylic acid groups (broad SMARTS) is 6. The number of nitrogens with two attached hydrogens (primary N) is 6. The van der Waals surface area contributed by atoms with Crippen molar-refractivity contribution in [2.24, 2.45) is 34.4 Å². The van der Waals surface area contributed by atoms with E-state index in [0.717, 1.165) is 0 Å². The summed E-state index contributed by atoms with van der Waals surface area (Å²) in [5.41, 5.74) is 23.5. The number of rotatable bonds is 0. The molecule has 0 aromatic rings. The molecule has 25 heavy (non-hydrogen) atoms. The molecule has 18 nitrogen and oxygen atoms in total. The summed E-state index contributed by atoms with van der Waals surface area (Å²) in [6.45, 7) is 0. The van der Waals surface area contributed by atoms with Crippen molar-refractivity contribution in [1.29, 1.82) is 0 Å². The number of carbonyl (C=O) groups is 6. The molecule has 6 amide bonds. The van der Waals surface area contributed by atoms with Crippen LogP contribution in [0.4, 0.5) is 28.8 Å². The average molecular weight is 456 g/mol. The second kappa shape index (κ2) is 37.0. The first kappa shape index (κ1) is 42.9. The monoisotopic (exact) mass is 458 g/mol. The first-order chi connectivity index (χ1) is 10.4. The van der Waals surface area contributed by atoms with Crippen LogP contribution in [0.2, 0.25) is 0 Å². The number of hydrogen-bond donors (Lipinski definition) is 6. The Bertz CT molecular complexity index is 273. The molecule has 0 heterocycles. The van der Waals surface area contributed by atoms with Crippen molar-refractivity contribution in [2.75, 3.05) is 0 Å². The minimum absolute atomic E-state index is 0. The molecule has 0 saturated heterocycles. The zero-order valence-corrected chi connectivity index (χ0v) is 13.8. The van der Waals surface area contributed by atoms with E-state index in [1.165, 1.54) is 0 Å². The Morgan fingerprint density at radius 2 is 0.360 bits per heavy atom. The van der Waals surface area contributed by atoms with Crippen molar-refractivity contribution in [1.82, 2.24) is 0 Å². The van der Waals surface area contributed by atoms with E-state index >= 15 is 0 Å². The maximum Gasteiger partial charge on any atom is 6.00 e. The summed E-state index contributed by atoms with van der Waals surface area (Å²) in [6.07, 6.45) is -9.50. The standard InChI is InChI=1S/6CH3NO2.Mo/c6*2-1(3)4;/h6*2H2,(H,3,4);/q;;;;;;+6/p-6. The van der Waals surface area contributed by atoms with Gasteiger partial charge in [0.05, 0.1) is 0 Å². The first-order valence-corrected chi connectivity index (χ1v) is 4.18. The molecular formula is C6H12MoN6O12. The Morgan fingerprint density at radius 3 is 0.360 bits per heavy atom.